The number of aryl methyl sites for hydroxylation is 1. The van der Waals surface area contributed by atoms with Gasteiger partial charge in [-0.2, -0.15) is 0 Å². The third kappa shape index (κ3) is 8.51. The van der Waals surface area contributed by atoms with Gasteiger partial charge in [-0.25, -0.2) is 4.79 Å². The van der Waals surface area contributed by atoms with Gasteiger partial charge in [-0.1, -0.05) is 98.2 Å². The Labute approximate surface area is 215 Å². The minimum absolute atomic E-state index is 0.246. The summed E-state index contributed by atoms with van der Waals surface area (Å²) in [6.07, 6.45) is 12.1. The van der Waals surface area contributed by atoms with Crippen molar-refractivity contribution in [3.05, 3.63) is 34.9 Å². The van der Waals surface area contributed by atoms with Crippen LogP contribution < -0.4 is 4.90 Å². The molecule has 1 aromatic carbocycles. The predicted octanol–water partition coefficient (Wildman–Crippen LogP) is 8.58. The molecule has 0 amide bonds. The standard InChI is InChI=1S/C31H50N2O2/c1-9-13-15-24(11-3)21-33(22-25(12-4)16-14-10-2)27-18-17-26(23(5)19-27)20-28-29(31(6,7)8)32-35-30(28)34/h17-20,24-25H,9-16,21-22H2,1-8H3/b28-20-. The monoisotopic (exact) mass is 482 g/mol. The first-order valence-corrected chi connectivity index (χ1v) is 14.0. The normalized spacial score (nSPS) is 16.9. The summed E-state index contributed by atoms with van der Waals surface area (Å²) in [5.41, 5.74) is 4.57. The van der Waals surface area contributed by atoms with Crippen molar-refractivity contribution in [3.63, 3.8) is 0 Å². The number of carbonyl (C=O) groups is 1. The molecule has 4 nitrogen and oxygen atoms in total. The Morgan fingerprint density at radius 1 is 0.971 bits per heavy atom. The van der Waals surface area contributed by atoms with Crippen LogP contribution in [0.15, 0.2) is 28.9 Å². The molecule has 0 spiro atoms. The highest BCUT2D eigenvalue weighted by atomic mass is 16.7. The molecule has 0 N–H and O–H groups in total. The molecule has 0 saturated carbocycles. The van der Waals surface area contributed by atoms with Crippen molar-refractivity contribution in [2.45, 2.75) is 107 Å². The van der Waals surface area contributed by atoms with Gasteiger partial charge in [0.15, 0.2) is 0 Å². The van der Waals surface area contributed by atoms with Crippen LogP contribution in [0.4, 0.5) is 5.69 Å². The predicted molar refractivity (Wildman–Crippen MR) is 151 cm³/mol. The van der Waals surface area contributed by atoms with E-state index in [1.54, 1.807) is 0 Å². The van der Waals surface area contributed by atoms with Gasteiger partial charge in [-0.15, -0.1) is 0 Å². The Hall–Kier alpha value is -2.10. The zero-order chi connectivity index (χ0) is 26.0. The molecule has 0 saturated heterocycles. The molecule has 1 heterocycles. The van der Waals surface area contributed by atoms with E-state index >= 15 is 0 Å². The number of hydrogen-bond acceptors (Lipinski definition) is 4. The quantitative estimate of drug-likeness (QED) is 0.197. The van der Waals surface area contributed by atoms with Gasteiger partial charge in [0, 0.05) is 24.2 Å². The smallest absolute Gasteiger partial charge is 0.367 e. The van der Waals surface area contributed by atoms with Crippen molar-refractivity contribution >= 4 is 23.4 Å². The van der Waals surface area contributed by atoms with Gasteiger partial charge in [0.1, 0.15) is 5.71 Å². The van der Waals surface area contributed by atoms with Gasteiger partial charge in [0.05, 0.1) is 5.57 Å². The first kappa shape index (κ1) is 29.1. The first-order chi connectivity index (χ1) is 16.6. The van der Waals surface area contributed by atoms with Crippen LogP contribution in [0.2, 0.25) is 0 Å². The molecule has 1 aromatic rings. The zero-order valence-electron chi connectivity index (χ0n) is 23.7. The molecule has 4 heteroatoms. The Balaban J connectivity index is 2.35. The lowest BCUT2D eigenvalue weighted by Crippen LogP contribution is -2.34. The maximum atomic E-state index is 12.4. The van der Waals surface area contributed by atoms with Crippen LogP contribution in [0.25, 0.3) is 6.08 Å². The summed E-state index contributed by atoms with van der Waals surface area (Å²) in [7, 11) is 0. The van der Waals surface area contributed by atoms with E-state index in [1.807, 2.05) is 6.08 Å². The van der Waals surface area contributed by atoms with Gasteiger partial charge in [0.25, 0.3) is 0 Å². The summed E-state index contributed by atoms with van der Waals surface area (Å²) in [5.74, 6) is 1.09. The van der Waals surface area contributed by atoms with Gasteiger partial charge >= 0.3 is 5.97 Å². The van der Waals surface area contributed by atoms with Crippen LogP contribution in [-0.4, -0.2) is 24.8 Å². The number of oxime groups is 1. The average Bonchev–Trinajstić information content (AvgIpc) is 3.19. The van der Waals surface area contributed by atoms with E-state index in [2.05, 4.69) is 83.6 Å². The second-order valence-electron chi connectivity index (χ2n) is 11.4. The van der Waals surface area contributed by atoms with E-state index in [-0.39, 0.29) is 11.4 Å². The van der Waals surface area contributed by atoms with Crippen LogP contribution >= 0.6 is 0 Å². The van der Waals surface area contributed by atoms with Crippen molar-refractivity contribution < 1.29 is 9.63 Å². The minimum Gasteiger partial charge on any atom is -0.371 e. The number of rotatable bonds is 14. The molecule has 196 valence electrons. The Morgan fingerprint density at radius 2 is 1.54 bits per heavy atom. The number of nitrogens with zero attached hydrogens (tertiary/aromatic N) is 2. The highest BCUT2D eigenvalue weighted by Crippen LogP contribution is 2.31. The average molecular weight is 483 g/mol. The molecule has 0 aliphatic carbocycles. The highest BCUT2D eigenvalue weighted by molar-refractivity contribution is 6.26. The fourth-order valence-corrected chi connectivity index (χ4v) is 4.87. The fourth-order valence-electron chi connectivity index (χ4n) is 4.87. The molecule has 2 unspecified atom stereocenters. The van der Waals surface area contributed by atoms with Crippen molar-refractivity contribution in [1.29, 1.82) is 0 Å². The topological polar surface area (TPSA) is 41.9 Å². The molecular formula is C31H50N2O2. The largest absolute Gasteiger partial charge is 0.371 e. The lowest BCUT2D eigenvalue weighted by atomic mass is 9.85. The van der Waals surface area contributed by atoms with Crippen molar-refractivity contribution in [2.24, 2.45) is 22.4 Å². The summed E-state index contributed by atoms with van der Waals surface area (Å²) in [4.78, 5) is 20.1. The molecule has 0 bridgehead atoms. The van der Waals surface area contributed by atoms with E-state index < -0.39 is 0 Å². The molecule has 0 aromatic heterocycles. The lowest BCUT2D eigenvalue weighted by molar-refractivity contribution is -0.136. The third-order valence-corrected chi connectivity index (χ3v) is 7.37. The first-order valence-electron chi connectivity index (χ1n) is 14.0. The molecule has 1 aliphatic heterocycles. The Kier molecular flexibility index (Phi) is 11.5. The van der Waals surface area contributed by atoms with Crippen molar-refractivity contribution in [3.8, 4) is 0 Å². The van der Waals surface area contributed by atoms with Gasteiger partial charge in [-0.05, 0) is 60.9 Å². The molecule has 0 fully saturated rings. The second-order valence-corrected chi connectivity index (χ2v) is 11.4. The summed E-state index contributed by atoms with van der Waals surface area (Å²) in [6, 6.07) is 6.71. The van der Waals surface area contributed by atoms with Crippen LogP contribution in [-0.2, 0) is 9.63 Å². The number of unbranched alkanes of at least 4 members (excludes halogenated alkanes) is 2. The maximum Gasteiger partial charge on any atom is 0.367 e. The van der Waals surface area contributed by atoms with Crippen LogP contribution in [0.5, 0.6) is 0 Å². The number of benzene rings is 1. The van der Waals surface area contributed by atoms with E-state index in [1.165, 1.54) is 62.6 Å². The van der Waals surface area contributed by atoms with E-state index in [0.29, 0.717) is 5.57 Å². The fraction of sp³-hybridized carbons (Fsp3) is 0.677. The maximum absolute atomic E-state index is 12.4. The van der Waals surface area contributed by atoms with E-state index in [9.17, 15) is 4.79 Å². The van der Waals surface area contributed by atoms with Crippen LogP contribution in [0, 0.1) is 24.2 Å². The second kappa shape index (κ2) is 13.8. The van der Waals surface area contributed by atoms with E-state index in [4.69, 9.17) is 4.84 Å². The SMILES string of the molecule is CCCCC(CC)CN(CC(CC)CCCC)c1ccc(/C=C2\C(=O)ON=C2C(C)(C)C)c(C)c1. The number of carbonyl (C=O) groups excluding carboxylic acids is 1. The summed E-state index contributed by atoms with van der Waals surface area (Å²) >= 11 is 0. The van der Waals surface area contributed by atoms with Gasteiger partial charge < -0.3 is 9.74 Å². The van der Waals surface area contributed by atoms with Crippen molar-refractivity contribution in [1.82, 2.24) is 0 Å². The number of anilines is 1. The Morgan fingerprint density at radius 3 is 2.00 bits per heavy atom. The zero-order valence-corrected chi connectivity index (χ0v) is 23.7. The molecule has 0 radical (unpaired) electrons. The Bertz CT molecular complexity index is 860. The highest BCUT2D eigenvalue weighted by Gasteiger charge is 2.34. The molecule has 2 atom stereocenters. The molecule has 35 heavy (non-hydrogen) atoms. The van der Waals surface area contributed by atoms with Crippen LogP contribution in [0.3, 0.4) is 0 Å². The third-order valence-electron chi connectivity index (χ3n) is 7.37. The van der Waals surface area contributed by atoms with E-state index in [0.717, 1.165) is 36.2 Å². The van der Waals surface area contributed by atoms with Crippen LogP contribution in [0.1, 0.15) is 111 Å². The summed E-state index contributed by atoms with van der Waals surface area (Å²) in [5, 5.41) is 4.06. The number of hydrogen-bond donors (Lipinski definition) is 0. The van der Waals surface area contributed by atoms with Gasteiger partial charge in [0.2, 0.25) is 0 Å². The lowest BCUT2D eigenvalue weighted by Gasteiger charge is -2.33. The minimum atomic E-state index is -0.358. The van der Waals surface area contributed by atoms with Gasteiger partial charge in [-0.3, -0.25) is 0 Å². The summed E-state index contributed by atoms with van der Waals surface area (Å²) < 4.78 is 0. The summed E-state index contributed by atoms with van der Waals surface area (Å²) in [6.45, 7) is 19.8. The molecule has 1 aliphatic rings. The molecule has 2 rings (SSSR count). The molecular weight excluding hydrogens is 432 g/mol. The van der Waals surface area contributed by atoms with Crippen molar-refractivity contribution in [2.75, 3.05) is 18.0 Å².